The molecule has 0 aliphatic rings. The topological polar surface area (TPSA) is 127 Å². The van der Waals surface area contributed by atoms with Crippen LogP contribution in [0, 0.1) is 0 Å². The molecule has 30 heavy (non-hydrogen) atoms. The van der Waals surface area contributed by atoms with Crippen molar-refractivity contribution in [3.05, 3.63) is 77.1 Å². The number of carbonyl (C=O) groups is 4. The minimum absolute atomic E-state index is 0.127. The van der Waals surface area contributed by atoms with E-state index in [0.29, 0.717) is 10.6 Å². The maximum atomic E-state index is 12.6. The maximum absolute atomic E-state index is 12.6. The van der Waals surface area contributed by atoms with E-state index in [1.165, 1.54) is 31.5 Å². The number of anilines is 1. The summed E-state index contributed by atoms with van der Waals surface area (Å²) in [6, 6.07) is 13.7. The molecule has 0 bridgehead atoms. The molecule has 1 atom stereocenters. The van der Waals surface area contributed by atoms with E-state index in [1.807, 2.05) is 0 Å². The van der Waals surface area contributed by atoms with Gasteiger partial charge >= 0.3 is 12.0 Å². The molecule has 3 aromatic rings. The molecule has 0 radical (unpaired) electrons. The van der Waals surface area contributed by atoms with Gasteiger partial charge in [-0.1, -0.05) is 30.3 Å². The smallest absolute Gasteiger partial charge is 0.349 e. The first-order valence-electron chi connectivity index (χ1n) is 8.71. The molecule has 2 aromatic heterocycles. The number of hydrogen-bond acceptors (Lipinski definition) is 7. The van der Waals surface area contributed by atoms with E-state index in [-0.39, 0.29) is 10.6 Å². The second kappa shape index (κ2) is 9.52. The molecule has 10 heteroatoms. The number of nitrogens with one attached hydrogen (secondary N) is 3. The van der Waals surface area contributed by atoms with Crippen molar-refractivity contribution in [2.75, 3.05) is 12.4 Å². The Morgan fingerprint density at radius 1 is 1.00 bits per heavy atom. The van der Waals surface area contributed by atoms with Crippen LogP contribution >= 0.6 is 11.3 Å². The Bertz CT molecular complexity index is 1050. The molecule has 3 N–H and O–H groups in total. The number of amides is 4. The highest BCUT2D eigenvalue weighted by Gasteiger charge is 2.27. The Balaban J connectivity index is 1.72. The first-order valence-corrected chi connectivity index (χ1v) is 9.52. The lowest BCUT2D eigenvalue weighted by atomic mass is 10.1. The summed E-state index contributed by atoms with van der Waals surface area (Å²) in [6.07, 6.45) is 0.0407. The number of hydrogen-bond donors (Lipinski definition) is 3. The monoisotopic (exact) mass is 427 g/mol. The van der Waals surface area contributed by atoms with Crippen LogP contribution in [-0.4, -0.2) is 30.9 Å². The highest BCUT2D eigenvalue weighted by molar-refractivity contribution is 7.18. The number of urea groups is 1. The molecule has 4 amide bonds. The van der Waals surface area contributed by atoms with Crippen LogP contribution in [0.1, 0.15) is 31.9 Å². The number of furan rings is 1. The first-order chi connectivity index (χ1) is 14.5. The van der Waals surface area contributed by atoms with Crippen LogP contribution in [0.25, 0.3) is 0 Å². The molecule has 0 aliphatic carbocycles. The highest BCUT2D eigenvalue weighted by Crippen LogP contribution is 2.26. The van der Waals surface area contributed by atoms with Gasteiger partial charge in [0.05, 0.1) is 11.3 Å². The van der Waals surface area contributed by atoms with Gasteiger partial charge in [-0.3, -0.25) is 14.9 Å². The van der Waals surface area contributed by atoms with Crippen LogP contribution in [0.4, 0.5) is 9.80 Å². The van der Waals surface area contributed by atoms with Crippen molar-refractivity contribution < 1.29 is 28.3 Å². The van der Waals surface area contributed by atoms with Crippen molar-refractivity contribution in [2.24, 2.45) is 0 Å². The van der Waals surface area contributed by atoms with Crippen LogP contribution in [0.2, 0.25) is 0 Å². The summed E-state index contributed by atoms with van der Waals surface area (Å²) in [5, 5.41) is 7.37. The molecule has 2 heterocycles. The van der Waals surface area contributed by atoms with Gasteiger partial charge in [0.2, 0.25) is 6.10 Å². The van der Waals surface area contributed by atoms with Gasteiger partial charge in [0.1, 0.15) is 4.88 Å². The Hall–Kier alpha value is -3.92. The van der Waals surface area contributed by atoms with Gasteiger partial charge in [-0.05, 0) is 24.3 Å². The lowest BCUT2D eigenvalue weighted by Gasteiger charge is -2.17. The highest BCUT2D eigenvalue weighted by atomic mass is 32.1. The number of esters is 1. The van der Waals surface area contributed by atoms with Gasteiger partial charge in [0.25, 0.3) is 11.8 Å². The Kier molecular flexibility index (Phi) is 6.60. The quantitative estimate of drug-likeness (QED) is 0.519. The van der Waals surface area contributed by atoms with E-state index in [1.54, 1.807) is 36.4 Å². The van der Waals surface area contributed by atoms with Gasteiger partial charge in [0, 0.05) is 12.6 Å². The van der Waals surface area contributed by atoms with Gasteiger partial charge in [-0.25, -0.2) is 9.59 Å². The molecule has 0 aliphatic heterocycles. The number of imide groups is 1. The summed E-state index contributed by atoms with van der Waals surface area (Å²) in [6.45, 7) is 0. The van der Waals surface area contributed by atoms with E-state index in [0.717, 1.165) is 11.3 Å². The zero-order valence-corrected chi connectivity index (χ0v) is 16.5. The maximum Gasteiger partial charge on any atom is 0.349 e. The normalized spacial score (nSPS) is 11.2. The number of carbonyl (C=O) groups excluding carboxylic acids is 4. The molecule has 0 saturated heterocycles. The second-order valence-electron chi connectivity index (χ2n) is 5.86. The molecule has 154 valence electrons. The van der Waals surface area contributed by atoms with Gasteiger partial charge in [-0.15, -0.1) is 11.3 Å². The average Bonchev–Trinajstić information content (AvgIpc) is 3.44. The minimum atomic E-state index is -1.33. The zero-order chi connectivity index (χ0) is 21.5. The second-order valence-corrected chi connectivity index (χ2v) is 6.94. The van der Waals surface area contributed by atoms with Crippen LogP contribution < -0.4 is 16.0 Å². The molecular formula is C20H17N3O6S. The lowest BCUT2D eigenvalue weighted by Crippen LogP contribution is -2.41. The van der Waals surface area contributed by atoms with Crippen molar-refractivity contribution in [2.45, 2.75) is 6.10 Å². The molecule has 1 unspecified atom stereocenters. The Labute approximate surface area is 175 Å². The molecule has 0 saturated carbocycles. The summed E-state index contributed by atoms with van der Waals surface area (Å²) in [4.78, 5) is 48.7. The van der Waals surface area contributed by atoms with Crippen molar-refractivity contribution in [3.8, 4) is 0 Å². The van der Waals surface area contributed by atoms with E-state index in [9.17, 15) is 19.2 Å². The fraction of sp³-hybridized carbons (Fsp3) is 0.100. The zero-order valence-electron chi connectivity index (χ0n) is 15.7. The molecule has 3 rings (SSSR count). The van der Waals surface area contributed by atoms with Crippen molar-refractivity contribution >= 4 is 40.2 Å². The number of ether oxygens (including phenoxy) is 1. The fourth-order valence-electron chi connectivity index (χ4n) is 2.40. The van der Waals surface area contributed by atoms with Crippen LogP contribution in [0.15, 0.2) is 65.3 Å². The molecule has 0 spiro atoms. The van der Waals surface area contributed by atoms with E-state index in [4.69, 9.17) is 9.15 Å². The number of benzene rings is 1. The molecule has 9 nitrogen and oxygen atoms in total. The van der Waals surface area contributed by atoms with Crippen LogP contribution in [0.3, 0.4) is 0 Å². The third kappa shape index (κ3) is 5.11. The van der Waals surface area contributed by atoms with Crippen LogP contribution in [-0.2, 0) is 9.53 Å². The third-order valence-electron chi connectivity index (χ3n) is 3.82. The average molecular weight is 427 g/mol. The first kappa shape index (κ1) is 20.8. The lowest BCUT2D eigenvalue weighted by molar-refractivity contribution is -0.129. The molecule has 1 aromatic carbocycles. The largest absolute Gasteiger partial charge is 0.459 e. The Morgan fingerprint density at radius 3 is 2.43 bits per heavy atom. The summed E-state index contributed by atoms with van der Waals surface area (Å²) >= 11 is 0.975. The Morgan fingerprint density at radius 2 is 1.77 bits per heavy atom. The molecule has 0 fully saturated rings. The summed E-state index contributed by atoms with van der Waals surface area (Å²) in [5.41, 5.74) is 0.398. The van der Waals surface area contributed by atoms with Crippen molar-refractivity contribution in [3.63, 3.8) is 0 Å². The summed E-state index contributed by atoms with van der Waals surface area (Å²) in [5.74, 6) is -1.91. The van der Waals surface area contributed by atoms with E-state index >= 15 is 0 Å². The van der Waals surface area contributed by atoms with Gasteiger partial charge < -0.3 is 19.8 Å². The SMILES string of the molecule is CNC(=O)NC(=O)C(OC(=O)c1ccc(NC(=O)c2ccco2)s1)c1ccccc1. The fourth-order valence-corrected chi connectivity index (χ4v) is 3.19. The van der Waals surface area contributed by atoms with Gasteiger partial charge in [0.15, 0.2) is 5.76 Å². The molecular weight excluding hydrogens is 410 g/mol. The van der Waals surface area contributed by atoms with Crippen LogP contribution in [0.5, 0.6) is 0 Å². The van der Waals surface area contributed by atoms with E-state index in [2.05, 4.69) is 16.0 Å². The van der Waals surface area contributed by atoms with Crippen molar-refractivity contribution in [1.29, 1.82) is 0 Å². The minimum Gasteiger partial charge on any atom is -0.459 e. The predicted molar refractivity (Wildman–Crippen MR) is 108 cm³/mol. The van der Waals surface area contributed by atoms with Crippen molar-refractivity contribution in [1.82, 2.24) is 10.6 Å². The van der Waals surface area contributed by atoms with Gasteiger partial charge in [-0.2, -0.15) is 0 Å². The van der Waals surface area contributed by atoms with E-state index < -0.39 is 29.9 Å². The number of thiophene rings is 1. The standard InChI is InChI=1S/C20H17N3O6S/c1-21-20(27)23-18(25)16(12-6-3-2-4-7-12)29-19(26)14-9-10-15(30-14)22-17(24)13-8-5-11-28-13/h2-11,16H,1H3,(H,22,24)(H2,21,23,25,27). The summed E-state index contributed by atoms with van der Waals surface area (Å²) in [7, 11) is 1.36. The number of rotatable bonds is 6. The predicted octanol–water partition coefficient (Wildman–Crippen LogP) is 2.95. The summed E-state index contributed by atoms with van der Waals surface area (Å²) < 4.78 is 10.4. The third-order valence-corrected chi connectivity index (χ3v) is 4.80.